The van der Waals surface area contributed by atoms with Crippen LogP contribution in [0, 0.1) is 13.8 Å². The van der Waals surface area contributed by atoms with Crippen molar-refractivity contribution in [2.45, 2.75) is 98.4 Å². The van der Waals surface area contributed by atoms with E-state index in [2.05, 4.69) is 98.6 Å². The quantitative estimate of drug-likeness (QED) is 0.179. The number of carbonyl (C=O) groups excluding carboxylic acids is 1. The van der Waals surface area contributed by atoms with E-state index in [9.17, 15) is 4.79 Å². The molecule has 4 rings (SSSR count). The number of nitrogens with one attached hydrogen (secondary N) is 2. The van der Waals surface area contributed by atoms with E-state index in [0.29, 0.717) is 5.56 Å². The molecule has 6 nitrogen and oxygen atoms in total. The van der Waals surface area contributed by atoms with Gasteiger partial charge in [0.1, 0.15) is 5.54 Å². The number of carbonyl (C=O) groups is 1. The molecule has 1 aliphatic rings. The monoisotopic (exact) mass is 583 g/mol. The number of hydrazine groups is 1. The molecule has 1 aliphatic heterocycles. The number of aryl methyl sites for hydroxylation is 2. The van der Waals surface area contributed by atoms with Crippen molar-refractivity contribution in [2.75, 3.05) is 36.0 Å². The number of anilines is 2. The van der Waals surface area contributed by atoms with Gasteiger partial charge in [0, 0.05) is 43.8 Å². The second-order valence-electron chi connectivity index (χ2n) is 12.1. The van der Waals surface area contributed by atoms with Crippen molar-refractivity contribution in [3.63, 3.8) is 0 Å². The van der Waals surface area contributed by atoms with Crippen molar-refractivity contribution >= 4 is 17.3 Å². The van der Waals surface area contributed by atoms with Crippen LogP contribution in [0.5, 0.6) is 0 Å². The van der Waals surface area contributed by atoms with Crippen LogP contribution in [0.2, 0.25) is 0 Å². The largest absolute Gasteiger partial charge is 0.372 e. The summed E-state index contributed by atoms with van der Waals surface area (Å²) >= 11 is 0. The van der Waals surface area contributed by atoms with Crippen LogP contribution in [0.15, 0.2) is 54.7 Å². The summed E-state index contributed by atoms with van der Waals surface area (Å²) in [5.74, 6) is -0.155. The number of fused-ring (bicyclic) bond motifs is 1. The van der Waals surface area contributed by atoms with Crippen LogP contribution in [0.3, 0.4) is 0 Å². The van der Waals surface area contributed by atoms with E-state index in [0.717, 1.165) is 43.0 Å². The van der Waals surface area contributed by atoms with Gasteiger partial charge in [0.25, 0.3) is 5.91 Å². The number of pyridine rings is 1. The van der Waals surface area contributed by atoms with E-state index in [-0.39, 0.29) is 5.91 Å². The summed E-state index contributed by atoms with van der Waals surface area (Å²) in [6.07, 6.45) is 11.2. The lowest BCUT2D eigenvalue weighted by Crippen LogP contribution is -2.59. The zero-order valence-electron chi connectivity index (χ0n) is 27.4. The van der Waals surface area contributed by atoms with Gasteiger partial charge in [-0.2, -0.15) is 0 Å². The fraction of sp³-hybridized carbons (Fsp3) is 0.514. The Morgan fingerprint density at radius 3 is 1.58 bits per heavy atom. The molecule has 0 bridgehead atoms. The van der Waals surface area contributed by atoms with Crippen molar-refractivity contribution in [1.29, 1.82) is 0 Å². The lowest BCUT2D eigenvalue weighted by molar-refractivity contribution is 0.0894. The van der Waals surface area contributed by atoms with Crippen LogP contribution >= 0.6 is 0 Å². The Bertz CT molecular complexity index is 1270. The molecule has 1 amide bonds. The Morgan fingerprint density at radius 1 is 0.698 bits per heavy atom. The van der Waals surface area contributed by atoms with Gasteiger partial charge in [0.2, 0.25) is 0 Å². The number of unbranched alkanes of at least 4 members (excludes halogenated alkanes) is 4. The lowest BCUT2D eigenvalue weighted by atomic mass is 9.74. The Hall–Kier alpha value is -3.38. The number of benzene rings is 2. The molecule has 1 aromatic heterocycles. The molecule has 6 heteroatoms. The smallest absolute Gasteiger partial charge is 0.267 e. The summed E-state index contributed by atoms with van der Waals surface area (Å²) in [7, 11) is 0. The van der Waals surface area contributed by atoms with Crippen LogP contribution in [0.1, 0.15) is 117 Å². The van der Waals surface area contributed by atoms with Crippen LogP contribution in [-0.2, 0) is 5.54 Å². The van der Waals surface area contributed by atoms with Crippen LogP contribution in [0.4, 0.5) is 11.4 Å². The number of aromatic nitrogens is 1. The summed E-state index contributed by atoms with van der Waals surface area (Å²) in [5.41, 5.74) is 14.1. The maximum atomic E-state index is 13.1. The zero-order valence-corrected chi connectivity index (χ0v) is 27.4. The minimum Gasteiger partial charge on any atom is -0.372 e. The lowest BCUT2D eigenvalue weighted by Gasteiger charge is -2.42. The summed E-state index contributed by atoms with van der Waals surface area (Å²) in [6.45, 7) is 17.7. The second-order valence-corrected chi connectivity index (χ2v) is 12.1. The summed E-state index contributed by atoms with van der Waals surface area (Å²) in [5, 5.41) is 0. The first kappa shape index (κ1) is 32.5. The van der Waals surface area contributed by atoms with E-state index < -0.39 is 5.54 Å². The first-order chi connectivity index (χ1) is 20.9. The Balaban J connectivity index is 1.86. The van der Waals surface area contributed by atoms with Crippen molar-refractivity contribution in [3.05, 3.63) is 88.2 Å². The van der Waals surface area contributed by atoms with E-state index in [1.165, 1.54) is 73.9 Å². The molecular formula is C37H53N5O. The second kappa shape index (κ2) is 15.4. The predicted octanol–water partition coefficient (Wildman–Crippen LogP) is 8.05. The summed E-state index contributed by atoms with van der Waals surface area (Å²) in [4.78, 5) is 23.0. The third-order valence-corrected chi connectivity index (χ3v) is 8.86. The minimum atomic E-state index is -0.828. The maximum Gasteiger partial charge on any atom is 0.267 e. The molecule has 0 radical (unpaired) electrons. The topological polar surface area (TPSA) is 60.5 Å². The standard InChI is InChI=1S/C37H53N5O/c1-7-11-22-41(23-12-8-2)30-17-19-33(28(5)26-30)37(35-32(16-15-21-38-35)36(43)39-40-37)34-20-18-31(27-29(34)6)42(24-13-9-3)25-14-10-4/h15-21,26-27,40H,7-14,22-25H2,1-6H3,(H,39,43). The zero-order chi connectivity index (χ0) is 30.8. The number of hydrogen-bond donors (Lipinski definition) is 2. The highest BCUT2D eigenvalue weighted by Gasteiger charge is 2.45. The molecular weight excluding hydrogens is 530 g/mol. The Kier molecular flexibility index (Phi) is 11.6. The van der Waals surface area contributed by atoms with E-state index in [1.807, 2.05) is 12.1 Å². The van der Waals surface area contributed by atoms with E-state index in [4.69, 9.17) is 4.98 Å². The SMILES string of the molecule is CCCCN(CCCC)c1ccc(C2(c3ccc(N(CCCC)CCCC)cc3C)NNC(=O)c3cccnc32)c(C)c1. The molecule has 2 heterocycles. The normalized spacial score (nSPS) is 13.9. The molecule has 0 aliphatic carbocycles. The minimum absolute atomic E-state index is 0.155. The van der Waals surface area contributed by atoms with E-state index in [1.54, 1.807) is 6.20 Å². The fourth-order valence-corrected chi connectivity index (χ4v) is 6.37. The molecule has 3 aromatic rings. The number of nitrogens with zero attached hydrogens (tertiary/aromatic N) is 3. The molecule has 2 N–H and O–H groups in total. The number of hydrogen-bond acceptors (Lipinski definition) is 5. The van der Waals surface area contributed by atoms with Gasteiger partial charge >= 0.3 is 0 Å². The van der Waals surface area contributed by atoms with Gasteiger partial charge in [0.15, 0.2) is 0 Å². The van der Waals surface area contributed by atoms with Crippen LogP contribution in [0.25, 0.3) is 0 Å². The Morgan fingerprint density at radius 2 is 1.16 bits per heavy atom. The molecule has 0 saturated heterocycles. The molecule has 2 aromatic carbocycles. The molecule has 0 spiro atoms. The molecule has 0 saturated carbocycles. The number of rotatable bonds is 16. The van der Waals surface area contributed by atoms with Gasteiger partial charge < -0.3 is 9.80 Å². The van der Waals surface area contributed by atoms with Gasteiger partial charge in [-0.15, -0.1) is 0 Å². The van der Waals surface area contributed by atoms with Gasteiger partial charge in [-0.25, -0.2) is 5.43 Å². The van der Waals surface area contributed by atoms with Gasteiger partial charge in [0.05, 0.1) is 11.3 Å². The maximum absolute atomic E-state index is 13.1. The van der Waals surface area contributed by atoms with E-state index >= 15 is 0 Å². The van der Waals surface area contributed by atoms with Crippen LogP contribution in [-0.4, -0.2) is 37.1 Å². The molecule has 43 heavy (non-hydrogen) atoms. The highest BCUT2D eigenvalue weighted by Crippen LogP contribution is 2.43. The third-order valence-electron chi connectivity index (χ3n) is 8.86. The van der Waals surface area contributed by atoms with Gasteiger partial charge in [-0.3, -0.25) is 15.2 Å². The average Bonchev–Trinajstić information content (AvgIpc) is 3.02. The summed E-state index contributed by atoms with van der Waals surface area (Å²) in [6, 6.07) is 17.4. The highest BCUT2D eigenvalue weighted by molar-refractivity contribution is 5.97. The average molecular weight is 584 g/mol. The van der Waals surface area contributed by atoms with Gasteiger partial charge in [-0.1, -0.05) is 65.5 Å². The molecule has 0 atom stereocenters. The van der Waals surface area contributed by atoms with Crippen molar-refractivity contribution in [3.8, 4) is 0 Å². The van der Waals surface area contributed by atoms with Gasteiger partial charge in [-0.05, 0) is 98.2 Å². The van der Waals surface area contributed by atoms with Crippen molar-refractivity contribution in [2.24, 2.45) is 0 Å². The molecule has 232 valence electrons. The molecule has 0 unspecified atom stereocenters. The fourth-order valence-electron chi connectivity index (χ4n) is 6.37. The Labute approximate surface area is 260 Å². The highest BCUT2D eigenvalue weighted by atomic mass is 16.2. The summed E-state index contributed by atoms with van der Waals surface area (Å²) < 4.78 is 0. The number of amides is 1. The van der Waals surface area contributed by atoms with Crippen molar-refractivity contribution < 1.29 is 4.79 Å². The van der Waals surface area contributed by atoms with Crippen LogP contribution < -0.4 is 20.7 Å². The molecule has 0 fully saturated rings. The predicted molar refractivity (Wildman–Crippen MR) is 181 cm³/mol. The third kappa shape index (κ3) is 7.06. The first-order valence-corrected chi connectivity index (χ1v) is 16.7. The first-order valence-electron chi connectivity index (χ1n) is 16.7. The van der Waals surface area contributed by atoms with Crippen molar-refractivity contribution in [1.82, 2.24) is 15.8 Å².